The van der Waals surface area contributed by atoms with Gasteiger partial charge in [-0.15, -0.1) is 11.8 Å². The summed E-state index contributed by atoms with van der Waals surface area (Å²) in [7, 11) is 0. The standard InChI is InChI=1S/C30H45N3O3S/c1-7-10-11-29-28(9-3)25(15-24(17-31)13-12-23(6)37-22(4)5)16-26(19-34)30(29)33-21-32-18-27(35)20-36-14-8-2/h9,11-13,16-17,19,21-22,27,31,35H,7-8,10,14-15,18,20H2,1-6H3,(H,32,33)/b23-12+,24-13-,28-9-,29-11+,31-17?/t27-/m1/s1. The molecule has 204 valence electrons. The number of carbonyl (C=O) groups excluding carboxylic acids is 1. The van der Waals surface area contributed by atoms with Crippen molar-refractivity contribution in [1.82, 2.24) is 0 Å². The second-order valence-electron chi connectivity index (χ2n) is 9.10. The Labute approximate surface area is 227 Å². The summed E-state index contributed by atoms with van der Waals surface area (Å²) in [5.41, 5.74) is 3.10. The number of anilines is 1. The van der Waals surface area contributed by atoms with Gasteiger partial charge in [-0.1, -0.05) is 58.4 Å². The van der Waals surface area contributed by atoms with Gasteiger partial charge in [-0.05, 0) is 60.4 Å². The van der Waals surface area contributed by atoms with Crippen LogP contribution in [-0.4, -0.2) is 55.1 Å². The molecule has 0 bridgehead atoms. The molecule has 0 aliphatic carbocycles. The molecule has 0 saturated carbocycles. The first kappa shape index (κ1) is 32.5. The lowest BCUT2D eigenvalue weighted by molar-refractivity contribution is 0.0420. The van der Waals surface area contributed by atoms with Gasteiger partial charge in [0, 0.05) is 28.9 Å². The summed E-state index contributed by atoms with van der Waals surface area (Å²) in [5.74, 6) is 0. The smallest absolute Gasteiger partial charge is 0.152 e. The van der Waals surface area contributed by atoms with Crippen molar-refractivity contribution in [3.63, 3.8) is 0 Å². The highest BCUT2D eigenvalue weighted by Crippen LogP contribution is 2.20. The van der Waals surface area contributed by atoms with E-state index in [0.29, 0.717) is 29.5 Å². The Kier molecular flexibility index (Phi) is 16.5. The van der Waals surface area contributed by atoms with E-state index in [-0.39, 0.29) is 13.2 Å². The van der Waals surface area contributed by atoms with Gasteiger partial charge in [0.05, 0.1) is 31.3 Å². The fourth-order valence-electron chi connectivity index (χ4n) is 3.76. The summed E-state index contributed by atoms with van der Waals surface area (Å²) in [6.45, 7) is 13.6. The minimum atomic E-state index is -0.675. The lowest BCUT2D eigenvalue weighted by atomic mass is 9.96. The van der Waals surface area contributed by atoms with Crippen molar-refractivity contribution in [2.75, 3.05) is 25.1 Å². The Morgan fingerprint density at radius 3 is 2.59 bits per heavy atom. The van der Waals surface area contributed by atoms with E-state index in [1.54, 1.807) is 11.8 Å². The Balaban J connectivity index is 3.37. The predicted octanol–water partition coefficient (Wildman–Crippen LogP) is 5.27. The van der Waals surface area contributed by atoms with Crippen LogP contribution >= 0.6 is 11.8 Å². The SMILES string of the molecule is C/C=c1/c(C/C(C=N)=C/C=C(\C)SC(C)C)cc(C=O)c(NC=NC[C@@H](O)COCCC)/c1=C/CCC. The monoisotopic (exact) mass is 527 g/mol. The molecule has 1 atom stereocenters. The Morgan fingerprint density at radius 1 is 1.24 bits per heavy atom. The van der Waals surface area contributed by atoms with Crippen molar-refractivity contribution in [1.29, 1.82) is 5.41 Å². The van der Waals surface area contributed by atoms with E-state index in [0.717, 1.165) is 47.1 Å². The molecule has 0 heterocycles. The molecule has 0 amide bonds. The highest BCUT2D eigenvalue weighted by atomic mass is 32.2. The number of nitrogens with one attached hydrogen (secondary N) is 2. The Bertz CT molecular complexity index is 1070. The first-order valence-corrected chi connectivity index (χ1v) is 14.0. The number of rotatable bonds is 17. The van der Waals surface area contributed by atoms with Crippen LogP contribution in [0.5, 0.6) is 0 Å². The van der Waals surface area contributed by atoms with Crippen molar-refractivity contribution in [3.8, 4) is 0 Å². The Morgan fingerprint density at radius 2 is 2.00 bits per heavy atom. The van der Waals surface area contributed by atoms with E-state index >= 15 is 0 Å². The van der Waals surface area contributed by atoms with Crippen LogP contribution < -0.4 is 15.8 Å². The third-order valence-corrected chi connectivity index (χ3v) is 6.36. The minimum Gasteiger partial charge on any atom is -0.389 e. The number of aliphatic hydroxyl groups excluding tert-OH is 1. The normalized spacial score (nSPS) is 14.6. The van der Waals surface area contributed by atoms with Gasteiger partial charge in [-0.25, -0.2) is 0 Å². The van der Waals surface area contributed by atoms with Crippen LogP contribution in [0, 0.1) is 5.41 Å². The van der Waals surface area contributed by atoms with Crippen molar-refractivity contribution < 1.29 is 14.6 Å². The van der Waals surface area contributed by atoms with Crippen LogP contribution in [0.3, 0.4) is 0 Å². The predicted molar refractivity (Wildman–Crippen MR) is 162 cm³/mol. The van der Waals surface area contributed by atoms with Gasteiger partial charge in [0.15, 0.2) is 6.29 Å². The van der Waals surface area contributed by atoms with Crippen LogP contribution in [0.4, 0.5) is 5.69 Å². The number of allylic oxidation sites excluding steroid dienone is 4. The van der Waals surface area contributed by atoms with E-state index in [1.807, 2.05) is 26.0 Å². The van der Waals surface area contributed by atoms with Crippen molar-refractivity contribution in [2.45, 2.75) is 78.6 Å². The fourth-order valence-corrected chi connectivity index (χ4v) is 4.65. The van der Waals surface area contributed by atoms with Gasteiger partial charge in [-0.2, -0.15) is 0 Å². The number of aliphatic imine (C=N–C) groups is 1. The van der Waals surface area contributed by atoms with Gasteiger partial charge in [0.25, 0.3) is 0 Å². The van der Waals surface area contributed by atoms with Crippen LogP contribution in [0.25, 0.3) is 12.2 Å². The van der Waals surface area contributed by atoms with Crippen LogP contribution in [0.1, 0.15) is 76.7 Å². The molecule has 0 aromatic heterocycles. The molecule has 37 heavy (non-hydrogen) atoms. The van der Waals surface area contributed by atoms with Gasteiger partial charge < -0.3 is 20.6 Å². The van der Waals surface area contributed by atoms with E-state index in [9.17, 15) is 9.90 Å². The number of benzene rings is 1. The van der Waals surface area contributed by atoms with Gasteiger partial charge in [0.1, 0.15) is 0 Å². The molecule has 0 fully saturated rings. The summed E-state index contributed by atoms with van der Waals surface area (Å²) in [6, 6.07) is 1.89. The van der Waals surface area contributed by atoms with E-state index in [1.165, 1.54) is 17.5 Å². The second kappa shape index (κ2) is 18.7. The van der Waals surface area contributed by atoms with Crippen LogP contribution in [0.2, 0.25) is 0 Å². The highest BCUT2D eigenvalue weighted by molar-refractivity contribution is 8.03. The Hall–Kier alpha value is -2.48. The first-order valence-electron chi connectivity index (χ1n) is 13.1. The molecule has 0 unspecified atom stereocenters. The highest BCUT2D eigenvalue weighted by Gasteiger charge is 2.10. The molecule has 0 saturated heterocycles. The minimum absolute atomic E-state index is 0.210. The van der Waals surface area contributed by atoms with Gasteiger partial charge >= 0.3 is 0 Å². The topological polar surface area (TPSA) is 94.8 Å². The number of hydrogen-bond donors (Lipinski definition) is 3. The number of aliphatic hydroxyl groups is 1. The molecular formula is C30H45N3O3S. The number of ether oxygens (including phenoxy) is 1. The average molecular weight is 528 g/mol. The van der Waals surface area contributed by atoms with Crippen molar-refractivity contribution in [2.24, 2.45) is 4.99 Å². The maximum absolute atomic E-state index is 12.1. The number of thioether (sulfide) groups is 1. The summed E-state index contributed by atoms with van der Waals surface area (Å²) in [5, 5.41) is 23.7. The first-order chi connectivity index (χ1) is 17.8. The summed E-state index contributed by atoms with van der Waals surface area (Å²) in [4.78, 5) is 17.6. The molecule has 0 aliphatic heterocycles. The zero-order chi connectivity index (χ0) is 27.6. The third-order valence-electron chi connectivity index (χ3n) is 5.39. The van der Waals surface area contributed by atoms with E-state index in [4.69, 9.17) is 10.1 Å². The molecule has 0 aliphatic rings. The second-order valence-corrected chi connectivity index (χ2v) is 10.9. The number of hydrogen-bond acceptors (Lipinski definition) is 6. The van der Waals surface area contributed by atoms with Crippen molar-refractivity contribution in [3.05, 3.63) is 50.3 Å². The number of unbranched alkanes of at least 4 members (excludes halogenated alkanes) is 1. The van der Waals surface area contributed by atoms with Crippen LogP contribution in [-0.2, 0) is 11.2 Å². The summed E-state index contributed by atoms with van der Waals surface area (Å²) >= 11 is 1.80. The molecule has 0 spiro atoms. The summed E-state index contributed by atoms with van der Waals surface area (Å²) < 4.78 is 5.37. The van der Waals surface area contributed by atoms with Gasteiger partial charge in [-0.3, -0.25) is 9.79 Å². The average Bonchev–Trinajstić information content (AvgIpc) is 2.87. The third kappa shape index (κ3) is 12.1. The zero-order valence-corrected chi connectivity index (χ0v) is 24.2. The zero-order valence-electron chi connectivity index (χ0n) is 23.3. The maximum atomic E-state index is 12.1. The molecule has 3 N–H and O–H groups in total. The quantitative estimate of drug-likeness (QED) is 0.0843. The number of nitrogens with zero attached hydrogens (tertiary/aromatic N) is 1. The molecule has 0 radical (unpaired) electrons. The van der Waals surface area contributed by atoms with Crippen LogP contribution in [0.15, 0.2) is 33.7 Å². The lowest BCUT2D eigenvalue weighted by Crippen LogP contribution is -2.33. The lowest BCUT2D eigenvalue weighted by Gasteiger charge is -2.13. The number of carbonyl (C=O) groups is 1. The fraction of sp³-hybridized carbons (Fsp3) is 0.500. The molecule has 1 aromatic rings. The maximum Gasteiger partial charge on any atom is 0.152 e. The summed E-state index contributed by atoms with van der Waals surface area (Å²) in [6.07, 6.45) is 14.6. The molecular weight excluding hydrogens is 482 g/mol. The van der Waals surface area contributed by atoms with Crippen molar-refractivity contribution >= 4 is 48.4 Å². The molecule has 1 rings (SSSR count). The number of aldehydes is 1. The largest absolute Gasteiger partial charge is 0.389 e. The van der Waals surface area contributed by atoms with Gasteiger partial charge in [0.2, 0.25) is 0 Å². The molecule has 6 nitrogen and oxygen atoms in total. The molecule has 1 aromatic carbocycles. The van der Waals surface area contributed by atoms with E-state index < -0.39 is 6.10 Å². The van der Waals surface area contributed by atoms with E-state index in [2.05, 4.69) is 56.2 Å². The molecule has 7 heteroatoms.